The van der Waals surface area contributed by atoms with E-state index in [1.165, 1.54) is 54.5 Å². The number of ether oxygens (including phenoxy) is 1. The summed E-state index contributed by atoms with van der Waals surface area (Å²) in [7, 11) is 0. The molecule has 27 heavy (non-hydrogen) atoms. The van der Waals surface area contributed by atoms with E-state index in [2.05, 4.69) is 67.6 Å². The fraction of sp³-hybridized carbons (Fsp3) is 0.500. The molecule has 1 saturated carbocycles. The lowest BCUT2D eigenvalue weighted by molar-refractivity contribution is -0.966. The summed E-state index contributed by atoms with van der Waals surface area (Å²) >= 11 is 0. The summed E-state index contributed by atoms with van der Waals surface area (Å²) in [4.78, 5) is 0. The average molecular weight is 428 g/mol. The maximum atomic E-state index is 6.57. The maximum absolute atomic E-state index is 6.57. The van der Waals surface area contributed by atoms with Crippen LogP contribution in [-0.4, -0.2) is 29.2 Å². The fourth-order valence-corrected chi connectivity index (χ4v) is 6.60. The Labute approximate surface area is 173 Å². The Balaban J connectivity index is 0.00000180. The molecule has 2 nitrogen and oxygen atoms in total. The highest BCUT2D eigenvalue weighted by Gasteiger charge is 2.71. The van der Waals surface area contributed by atoms with E-state index in [9.17, 15) is 0 Å². The van der Waals surface area contributed by atoms with Gasteiger partial charge in [0.25, 0.3) is 0 Å². The highest BCUT2D eigenvalue weighted by Crippen LogP contribution is 2.61. The van der Waals surface area contributed by atoms with Gasteiger partial charge in [-0.3, -0.25) is 0 Å². The van der Waals surface area contributed by atoms with Gasteiger partial charge in [-0.1, -0.05) is 60.7 Å². The van der Waals surface area contributed by atoms with Crippen molar-refractivity contribution in [2.75, 3.05) is 13.1 Å². The van der Waals surface area contributed by atoms with E-state index in [4.69, 9.17) is 4.74 Å². The zero-order valence-corrected chi connectivity index (χ0v) is 17.8. The van der Waals surface area contributed by atoms with E-state index >= 15 is 0 Å². The van der Waals surface area contributed by atoms with Crippen molar-refractivity contribution in [2.24, 2.45) is 11.8 Å². The molecule has 0 aromatic heterocycles. The van der Waals surface area contributed by atoms with Gasteiger partial charge < -0.3 is 26.2 Å². The molecular formula is C24H30BrNO. The highest BCUT2D eigenvalue weighted by molar-refractivity contribution is 5.16. The van der Waals surface area contributed by atoms with Gasteiger partial charge in [0.15, 0.2) is 0 Å². The Morgan fingerprint density at radius 3 is 2.30 bits per heavy atom. The second kappa shape index (κ2) is 7.35. The minimum Gasteiger partial charge on any atom is -1.00 e. The molecule has 0 radical (unpaired) electrons. The number of benzene rings is 2. The molecule has 3 fully saturated rings. The maximum Gasteiger partial charge on any atom is 0.116 e. The van der Waals surface area contributed by atoms with E-state index in [0.717, 1.165) is 18.4 Å². The third-order valence-corrected chi connectivity index (χ3v) is 7.94. The number of rotatable bonds is 5. The van der Waals surface area contributed by atoms with Gasteiger partial charge in [-0.25, -0.2) is 0 Å². The Hall–Kier alpha value is -1.16. The number of nitrogens with zero attached hydrogens (tertiary/aromatic N) is 1. The normalized spacial score (nSPS) is 36.4. The number of hydrogen-bond acceptors (Lipinski definition) is 1. The first-order valence-corrected chi connectivity index (χ1v) is 10.3. The van der Waals surface area contributed by atoms with Crippen molar-refractivity contribution >= 4 is 0 Å². The predicted octanol–water partition coefficient (Wildman–Crippen LogP) is 1.79. The van der Waals surface area contributed by atoms with Crippen molar-refractivity contribution in [3.05, 3.63) is 71.8 Å². The largest absolute Gasteiger partial charge is 1.00 e. The van der Waals surface area contributed by atoms with E-state index in [1.54, 1.807) is 0 Å². The van der Waals surface area contributed by atoms with Crippen LogP contribution in [0.3, 0.4) is 0 Å². The molecule has 0 spiro atoms. The van der Waals surface area contributed by atoms with Crippen LogP contribution in [0.4, 0.5) is 0 Å². The lowest BCUT2D eigenvalue weighted by Gasteiger charge is -2.43. The molecule has 0 N–H and O–H groups in total. The summed E-state index contributed by atoms with van der Waals surface area (Å²) in [5.41, 5.74) is 3.20. The molecule has 2 heterocycles. The van der Waals surface area contributed by atoms with Crippen molar-refractivity contribution in [3.63, 3.8) is 0 Å². The van der Waals surface area contributed by atoms with Gasteiger partial charge in [0.05, 0.1) is 13.2 Å². The third kappa shape index (κ3) is 2.99. The molecule has 144 valence electrons. The van der Waals surface area contributed by atoms with E-state index < -0.39 is 0 Å². The molecule has 0 bridgehead atoms. The van der Waals surface area contributed by atoms with Crippen molar-refractivity contribution < 1.29 is 26.2 Å². The highest BCUT2D eigenvalue weighted by atomic mass is 79.9. The minimum absolute atomic E-state index is 0. The predicted molar refractivity (Wildman–Crippen MR) is 104 cm³/mol. The van der Waals surface area contributed by atoms with Crippen LogP contribution in [0.2, 0.25) is 0 Å². The summed E-state index contributed by atoms with van der Waals surface area (Å²) in [5.74, 6) is 1.61. The summed E-state index contributed by atoms with van der Waals surface area (Å²) in [6.07, 6.45) is 4.58. The minimum atomic E-state index is 0. The van der Waals surface area contributed by atoms with Crippen LogP contribution in [0, 0.1) is 11.8 Å². The van der Waals surface area contributed by atoms with E-state index in [0.29, 0.717) is 11.6 Å². The van der Waals surface area contributed by atoms with E-state index in [-0.39, 0.29) is 17.0 Å². The quantitative estimate of drug-likeness (QED) is 0.660. The molecule has 3 heteroatoms. The molecule has 5 atom stereocenters. The first-order valence-electron chi connectivity index (χ1n) is 10.3. The first kappa shape index (κ1) is 19.2. The zero-order chi connectivity index (χ0) is 17.6. The molecular weight excluding hydrogens is 398 g/mol. The van der Waals surface area contributed by atoms with Crippen molar-refractivity contribution in [1.29, 1.82) is 0 Å². The molecule has 2 aliphatic heterocycles. The van der Waals surface area contributed by atoms with Crippen molar-refractivity contribution in [2.45, 2.75) is 51.0 Å². The number of quaternary nitrogens is 1. The van der Waals surface area contributed by atoms with Gasteiger partial charge in [-0.2, -0.15) is 0 Å². The van der Waals surface area contributed by atoms with Gasteiger partial charge in [0, 0.05) is 23.8 Å². The first-order chi connectivity index (χ1) is 12.7. The van der Waals surface area contributed by atoms with Crippen LogP contribution < -0.4 is 17.0 Å². The van der Waals surface area contributed by atoms with Gasteiger partial charge in [-0.15, -0.1) is 0 Å². The monoisotopic (exact) mass is 427 g/mol. The summed E-state index contributed by atoms with van der Waals surface area (Å²) in [5, 5.41) is 0. The van der Waals surface area contributed by atoms with Gasteiger partial charge >= 0.3 is 0 Å². The Morgan fingerprint density at radius 1 is 0.926 bits per heavy atom. The molecule has 1 aliphatic carbocycles. The summed E-state index contributed by atoms with van der Waals surface area (Å²) < 4.78 is 7.82. The molecule has 2 aromatic carbocycles. The molecule has 3 aliphatic rings. The Bertz CT molecular complexity index is 766. The standard InChI is InChI=1S/C24H30NO.BrH/c1-24-21-12-13-22(24)23(26-18-20-10-6-3-7-11-20)17-25(24,15-14-21)16-19-8-4-2-5-9-19;/h2-11,21-23H,12-18H2,1H3;1H/q+1;/p-1/t21-,22+,23+,24+,25+;/m0./s1. The number of hydrogen-bond donors (Lipinski definition) is 0. The topological polar surface area (TPSA) is 9.23 Å². The summed E-state index contributed by atoms with van der Waals surface area (Å²) in [6, 6.07) is 21.8. The van der Waals surface area contributed by atoms with Crippen LogP contribution in [0.1, 0.15) is 37.3 Å². The zero-order valence-electron chi connectivity index (χ0n) is 16.2. The Kier molecular flexibility index (Phi) is 5.22. The number of halogens is 1. The van der Waals surface area contributed by atoms with E-state index in [1.807, 2.05) is 0 Å². The molecule has 0 amide bonds. The third-order valence-electron chi connectivity index (χ3n) is 7.94. The van der Waals surface area contributed by atoms with Gasteiger partial charge in [0.1, 0.15) is 24.7 Å². The SMILES string of the molecule is C[C@@]12[C@H]3CC[C@@H]1[C@H](OCc1ccccc1)C[N@+]2(Cc1ccccc1)CC3.[Br-]. The molecule has 2 aromatic rings. The van der Waals surface area contributed by atoms with Crippen molar-refractivity contribution in [3.8, 4) is 0 Å². The second-order valence-corrected chi connectivity index (χ2v) is 8.93. The smallest absolute Gasteiger partial charge is 0.116 e. The lowest BCUT2D eigenvalue weighted by atomic mass is 9.83. The van der Waals surface area contributed by atoms with Gasteiger partial charge in [-0.05, 0) is 25.3 Å². The van der Waals surface area contributed by atoms with Crippen LogP contribution in [0.25, 0.3) is 0 Å². The van der Waals surface area contributed by atoms with Crippen LogP contribution in [0.15, 0.2) is 60.7 Å². The van der Waals surface area contributed by atoms with Crippen molar-refractivity contribution in [1.82, 2.24) is 0 Å². The average Bonchev–Trinajstić information content (AvgIpc) is 3.24. The lowest BCUT2D eigenvalue weighted by Crippen LogP contribution is -3.00. The second-order valence-electron chi connectivity index (χ2n) is 8.93. The summed E-state index contributed by atoms with van der Waals surface area (Å²) in [6.45, 7) is 7.05. The molecule has 5 rings (SSSR count). The fourth-order valence-electron chi connectivity index (χ4n) is 6.60. The molecule has 2 saturated heterocycles. The van der Waals surface area contributed by atoms with Crippen LogP contribution >= 0.6 is 0 Å². The molecule has 0 unspecified atom stereocenters. The van der Waals surface area contributed by atoms with Gasteiger partial charge in [0.2, 0.25) is 0 Å². The Morgan fingerprint density at radius 2 is 1.59 bits per heavy atom. The van der Waals surface area contributed by atoms with Crippen LogP contribution in [0.5, 0.6) is 0 Å². The van der Waals surface area contributed by atoms with Crippen LogP contribution in [-0.2, 0) is 17.9 Å².